The minimum atomic E-state index is -1.89. The maximum atomic E-state index is 13.5. The van der Waals surface area contributed by atoms with Gasteiger partial charge in [-0.3, -0.25) is 4.79 Å². The largest absolute Gasteiger partial charge is 0.462 e. The molecule has 5 heterocycles. The number of esters is 1. The zero-order chi connectivity index (χ0) is 56.9. The summed E-state index contributed by atoms with van der Waals surface area (Å²) < 4.78 is 49.1. The molecule has 0 amide bonds. The number of carbonyl (C=O) groups excluding carboxylic acids is 1. The van der Waals surface area contributed by atoms with Crippen LogP contribution < -0.4 is 0 Å². The highest BCUT2D eigenvalue weighted by atomic mass is 16.7. The van der Waals surface area contributed by atoms with Gasteiger partial charge in [0.15, 0.2) is 24.7 Å². The van der Waals surface area contributed by atoms with E-state index in [0.29, 0.717) is 25.7 Å². The van der Waals surface area contributed by atoms with Crippen molar-refractivity contribution in [2.24, 2.45) is 29.6 Å². The van der Waals surface area contributed by atoms with Crippen LogP contribution in [0.4, 0.5) is 0 Å². The average Bonchev–Trinajstić information content (AvgIpc) is 3.34. The van der Waals surface area contributed by atoms with Crippen molar-refractivity contribution >= 4 is 5.97 Å². The van der Waals surface area contributed by atoms with Gasteiger partial charge in [0.05, 0.1) is 85.5 Å². The van der Waals surface area contributed by atoms with E-state index in [0.717, 1.165) is 0 Å². The molecule has 446 valence electrons. The third kappa shape index (κ3) is 19.8. The molecule has 0 unspecified atom stereocenters. The second-order valence-corrected chi connectivity index (χ2v) is 23.6. The van der Waals surface area contributed by atoms with E-state index >= 15 is 0 Å². The van der Waals surface area contributed by atoms with Gasteiger partial charge in [-0.05, 0) is 46.0 Å². The summed E-state index contributed by atoms with van der Waals surface area (Å²) in [7, 11) is 0. The first-order chi connectivity index (χ1) is 36.2. The Morgan fingerprint density at radius 1 is 0.662 bits per heavy atom. The first-order valence-electron chi connectivity index (χ1n) is 28.6. The molecule has 4 saturated heterocycles. The first-order valence-corrected chi connectivity index (χ1v) is 28.6. The van der Waals surface area contributed by atoms with Gasteiger partial charge >= 0.3 is 5.97 Å². The lowest BCUT2D eigenvalue weighted by molar-refractivity contribution is -0.318. The predicted molar refractivity (Wildman–Crippen MR) is 281 cm³/mol. The normalized spacial score (nSPS) is 44.1. The number of aliphatic hydroxyl groups excluding tert-OH is 10. The fraction of sp³-hybridized carbons (Fsp3) is 0.877. The Labute approximate surface area is 456 Å². The number of cyclic esters (lactones) is 1. The average molecular weight is 1100 g/mol. The molecule has 0 aliphatic carbocycles. The molecule has 11 N–H and O–H groups in total. The van der Waals surface area contributed by atoms with Crippen molar-refractivity contribution in [1.82, 2.24) is 0 Å². The Hall–Kier alpha value is -2.03. The van der Waals surface area contributed by atoms with Crippen LogP contribution in [-0.4, -0.2) is 197 Å². The van der Waals surface area contributed by atoms with Gasteiger partial charge in [0.25, 0.3) is 0 Å². The Morgan fingerprint density at radius 2 is 1.26 bits per heavy atom. The molecule has 0 saturated carbocycles. The summed E-state index contributed by atoms with van der Waals surface area (Å²) in [5.41, 5.74) is 0. The van der Waals surface area contributed by atoms with Crippen LogP contribution in [0.15, 0.2) is 36.5 Å². The zero-order valence-electron chi connectivity index (χ0n) is 47.0. The summed E-state index contributed by atoms with van der Waals surface area (Å²) in [5, 5.41) is 121. The van der Waals surface area contributed by atoms with Crippen LogP contribution in [-0.2, 0) is 42.7 Å². The Bertz CT molecular complexity index is 1800. The molecule has 20 heteroatoms. The van der Waals surface area contributed by atoms with E-state index in [9.17, 15) is 61.0 Å². The van der Waals surface area contributed by atoms with Gasteiger partial charge in [0.2, 0.25) is 0 Å². The van der Waals surface area contributed by atoms with Gasteiger partial charge in [0.1, 0.15) is 24.4 Å². The fourth-order valence-corrected chi connectivity index (χ4v) is 11.3. The van der Waals surface area contributed by atoms with Crippen LogP contribution in [0.5, 0.6) is 0 Å². The summed E-state index contributed by atoms with van der Waals surface area (Å²) in [4.78, 5) is 13.5. The van der Waals surface area contributed by atoms with Crippen LogP contribution in [0.3, 0.4) is 0 Å². The summed E-state index contributed by atoms with van der Waals surface area (Å²) >= 11 is 0. The highest BCUT2D eigenvalue weighted by Gasteiger charge is 2.49. The van der Waals surface area contributed by atoms with E-state index in [-0.39, 0.29) is 70.1 Å². The van der Waals surface area contributed by atoms with Gasteiger partial charge < -0.3 is 94.1 Å². The van der Waals surface area contributed by atoms with E-state index in [4.69, 9.17) is 37.9 Å². The van der Waals surface area contributed by atoms with Crippen molar-refractivity contribution in [1.29, 1.82) is 0 Å². The van der Waals surface area contributed by atoms with Gasteiger partial charge in [-0.2, -0.15) is 0 Å². The number of hydrogen-bond donors (Lipinski definition) is 11. The maximum Gasteiger partial charge on any atom is 0.306 e. The van der Waals surface area contributed by atoms with Crippen LogP contribution in [0.1, 0.15) is 152 Å². The minimum absolute atomic E-state index is 0.000183. The van der Waals surface area contributed by atoms with Crippen molar-refractivity contribution in [3.05, 3.63) is 36.5 Å². The maximum absolute atomic E-state index is 13.5. The molecule has 0 radical (unpaired) electrons. The molecule has 20 nitrogen and oxygen atoms in total. The van der Waals surface area contributed by atoms with Crippen molar-refractivity contribution in [2.75, 3.05) is 0 Å². The Morgan fingerprint density at radius 3 is 1.88 bits per heavy atom. The van der Waals surface area contributed by atoms with Gasteiger partial charge in [-0.15, -0.1) is 0 Å². The summed E-state index contributed by atoms with van der Waals surface area (Å²) in [6.07, 6.45) is -5.90. The number of allylic oxidation sites excluding steroid dienone is 4. The quantitative estimate of drug-likeness (QED) is 0.111. The van der Waals surface area contributed by atoms with Gasteiger partial charge in [-0.25, -0.2) is 0 Å². The molecular formula is C57H98O20. The molecule has 5 aliphatic rings. The lowest BCUT2D eigenvalue weighted by Crippen LogP contribution is -2.55. The predicted octanol–water partition coefficient (Wildman–Crippen LogP) is 3.33. The highest BCUT2D eigenvalue weighted by Crippen LogP contribution is 2.40. The topological polar surface area (TPSA) is 313 Å². The highest BCUT2D eigenvalue weighted by molar-refractivity contribution is 5.69. The van der Waals surface area contributed by atoms with E-state index in [1.54, 1.807) is 65.0 Å². The molecule has 5 aliphatic heterocycles. The zero-order valence-corrected chi connectivity index (χ0v) is 47.0. The molecule has 26 atom stereocenters. The molecule has 2 bridgehead atoms. The van der Waals surface area contributed by atoms with Crippen LogP contribution in [0.25, 0.3) is 0 Å². The second-order valence-electron chi connectivity index (χ2n) is 23.6. The van der Waals surface area contributed by atoms with Crippen molar-refractivity contribution in [2.45, 2.75) is 287 Å². The van der Waals surface area contributed by atoms with E-state index in [1.807, 2.05) is 33.8 Å². The molecule has 0 aromatic carbocycles. The number of ether oxygens (including phenoxy) is 8. The SMILES string of the molecule is CC(C)C[C@H](O[C@H]1C[C@@H](O[C@H]2C[C@@H](O)[C@H](O)[C@@H](C)O2)[C@H](O)[C@@H](C)O1)[C@H](C)[C@H](O)[C@@H](C)[C@H](O)C[C@H]1OC(=O)CCCCC[C@@H](O)C[C@]2(O)O[C@H](C[C@H](O[C@H]3C[C@@H](O)[C@H](O)[C@@H](C)O3)C[C@H](O)/C=C/C=C/C=C/[C@@H]1C)C[C@H](O)[C@H]2C. The summed E-state index contributed by atoms with van der Waals surface area (Å²) in [5.74, 6) is -4.59. The molecular weight excluding hydrogens is 1000 g/mol. The Balaban J connectivity index is 1.27. The minimum Gasteiger partial charge on any atom is -0.462 e. The molecule has 5 rings (SSSR count). The number of fused-ring (bicyclic) bond motifs is 2. The number of rotatable bonds is 14. The lowest BCUT2D eigenvalue weighted by atomic mass is 9.81. The second kappa shape index (κ2) is 30.9. The third-order valence-corrected chi connectivity index (χ3v) is 16.5. The standard InChI is InChI=1S/C57H98O20/c1-30(2)21-47(75-52-28-48(56(68)37(9)72-52)76-51-27-45(63)55(67)36(8)71-51)33(5)53(65)32(4)42(60)25-46-31(3)17-13-10-11-14-18-38(58)22-40(73-50-26-44(62)54(66)35(7)70-50)23-41-24-43(61)34(6)57(69,77-41)29-39(59)19-15-12-16-20-49(64)74-46/h10-11,13-14,17-18,30-48,50-56,58-63,65-69H,12,15-16,19-29H2,1-9H3/b11-10+,17-13+,18-14+/t31-,32-,33-,34+,35+,36+,37+,38+,39+,40+,41+,42+,43-,44+,45+,46+,47-,48+,50-,51-,52-,53+,54+,55+,56+,57-/m0/s1. The van der Waals surface area contributed by atoms with Gasteiger partial charge in [0, 0.05) is 81.5 Å². The molecule has 4 fully saturated rings. The van der Waals surface area contributed by atoms with Crippen LogP contribution in [0.2, 0.25) is 0 Å². The number of aliphatic hydroxyl groups is 11. The molecule has 77 heavy (non-hydrogen) atoms. The van der Waals surface area contributed by atoms with E-state index in [1.165, 1.54) is 0 Å². The fourth-order valence-electron chi connectivity index (χ4n) is 11.3. The van der Waals surface area contributed by atoms with Crippen LogP contribution >= 0.6 is 0 Å². The van der Waals surface area contributed by atoms with E-state index < -0.39 is 164 Å². The molecule has 0 aromatic heterocycles. The Kier molecular flexibility index (Phi) is 26.4. The van der Waals surface area contributed by atoms with Gasteiger partial charge in [-0.1, -0.05) is 90.8 Å². The number of carbonyl (C=O) groups is 1. The molecule has 0 spiro atoms. The third-order valence-electron chi connectivity index (χ3n) is 16.5. The molecule has 0 aromatic rings. The summed E-state index contributed by atoms with van der Waals surface area (Å²) in [6, 6.07) is 0. The van der Waals surface area contributed by atoms with Crippen LogP contribution in [0, 0.1) is 29.6 Å². The van der Waals surface area contributed by atoms with E-state index in [2.05, 4.69) is 0 Å². The lowest BCUT2D eigenvalue weighted by Gasteiger charge is -2.46. The summed E-state index contributed by atoms with van der Waals surface area (Å²) in [6.45, 7) is 16.1. The first kappa shape index (κ1) is 65.8. The monoisotopic (exact) mass is 1100 g/mol. The number of hydrogen-bond acceptors (Lipinski definition) is 20. The van der Waals surface area contributed by atoms with Crippen molar-refractivity contribution in [3.63, 3.8) is 0 Å². The smallest absolute Gasteiger partial charge is 0.306 e. The van der Waals surface area contributed by atoms with Crippen molar-refractivity contribution in [3.8, 4) is 0 Å². The van der Waals surface area contributed by atoms with Crippen molar-refractivity contribution < 1.29 is 98.9 Å².